The van der Waals surface area contributed by atoms with Crippen molar-refractivity contribution >= 4 is 11.7 Å². The molecule has 0 saturated heterocycles. The van der Waals surface area contributed by atoms with Crippen molar-refractivity contribution in [2.24, 2.45) is 0 Å². The second-order valence-corrected chi connectivity index (χ2v) is 6.25. The quantitative estimate of drug-likeness (QED) is 0.881. The van der Waals surface area contributed by atoms with E-state index in [1.54, 1.807) is 7.11 Å². The van der Waals surface area contributed by atoms with Crippen LogP contribution in [0.3, 0.4) is 0 Å². The Hall–Kier alpha value is -2.49. The maximum atomic E-state index is 12.3. The van der Waals surface area contributed by atoms with E-state index in [9.17, 15) is 4.79 Å². The van der Waals surface area contributed by atoms with Crippen LogP contribution in [0.2, 0.25) is 0 Å². The molecule has 2 N–H and O–H groups in total. The highest BCUT2D eigenvalue weighted by molar-refractivity contribution is 5.90. The average molecular weight is 312 g/mol. The molecule has 0 radical (unpaired) electrons. The van der Waals surface area contributed by atoms with E-state index in [-0.39, 0.29) is 6.03 Å². The molecule has 0 unspecified atom stereocenters. The Morgan fingerprint density at radius 3 is 2.30 bits per heavy atom. The van der Waals surface area contributed by atoms with E-state index < -0.39 is 5.54 Å². The van der Waals surface area contributed by atoms with Crippen molar-refractivity contribution in [3.8, 4) is 5.75 Å². The molecule has 0 aliphatic carbocycles. The van der Waals surface area contributed by atoms with Crippen LogP contribution in [0.15, 0.2) is 42.5 Å². The Morgan fingerprint density at radius 2 is 1.70 bits per heavy atom. The number of methoxy groups -OCH3 is 1. The zero-order valence-electron chi connectivity index (χ0n) is 14.4. The van der Waals surface area contributed by atoms with Crippen LogP contribution in [0.1, 0.15) is 30.5 Å². The van der Waals surface area contributed by atoms with Crippen molar-refractivity contribution in [3.63, 3.8) is 0 Å². The van der Waals surface area contributed by atoms with Gasteiger partial charge in [0.1, 0.15) is 5.75 Å². The molecule has 2 aromatic rings. The van der Waals surface area contributed by atoms with E-state index in [0.29, 0.717) is 0 Å². The van der Waals surface area contributed by atoms with Crippen molar-refractivity contribution in [2.45, 2.75) is 33.2 Å². The van der Waals surface area contributed by atoms with Crippen molar-refractivity contribution in [1.29, 1.82) is 0 Å². The molecule has 2 amide bonds. The van der Waals surface area contributed by atoms with Crippen molar-refractivity contribution < 1.29 is 9.53 Å². The van der Waals surface area contributed by atoms with Crippen LogP contribution < -0.4 is 15.4 Å². The summed E-state index contributed by atoms with van der Waals surface area (Å²) in [5.41, 5.74) is 3.49. The molecular formula is C19H24N2O2. The van der Waals surface area contributed by atoms with Crippen LogP contribution in [0, 0.1) is 13.8 Å². The summed E-state index contributed by atoms with van der Waals surface area (Å²) in [7, 11) is 1.63. The molecule has 0 aromatic heterocycles. The fourth-order valence-electron chi connectivity index (χ4n) is 2.39. The van der Waals surface area contributed by atoms with Crippen molar-refractivity contribution in [3.05, 3.63) is 59.2 Å². The fourth-order valence-corrected chi connectivity index (χ4v) is 2.39. The number of aryl methyl sites for hydroxylation is 2. The number of benzene rings is 2. The Labute approximate surface area is 137 Å². The number of ether oxygens (including phenoxy) is 1. The highest BCUT2D eigenvalue weighted by Crippen LogP contribution is 2.23. The number of hydrogen-bond acceptors (Lipinski definition) is 2. The van der Waals surface area contributed by atoms with E-state index in [1.807, 2.05) is 70.2 Å². The summed E-state index contributed by atoms with van der Waals surface area (Å²) >= 11 is 0. The van der Waals surface area contributed by atoms with Crippen LogP contribution in [0.4, 0.5) is 10.5 Å². The molecule has 0 spiro atoms. The lowest BCUT2D eigenvalue weighted by Gasteiger charge is -2.27. The van der Waals surface area contributed by atoms with E-state index in [4.69, 9.17) is 4.74 Å². The first-order chi connectivity index (χ1) is 10.8. The number of carbonyl (C=O) groups excluding carboxylic acids is 1. The van der Waals surface area contributed by atoms with Gasteiger partial charge in [-0.2, -0.15) is 0 Å². The maximum Gasteiger partial charge on any atom is 0.319 e. The van der Waals surface area contributed by atoms with Gasteiger partial charge in [0.15, 0.2) is 0 Å². The summed E-state index contributed by atoms with van der Waals surface area (Å²) in [6.45, 7) is 7.92. The Morgan fingerprint density at radius 1 is 1.04 bits per heavy atom. The summed E-state index contributed by atoms with van der Waals surface area (Å²) in [6.07, 6.45) is 0. The summed E-state index contributed by atoms with van der Waals surface area (Å²) in [5, 5.41) is 5.94. The molecule has 0 fully saturated rings. The first-order valence-corrected chi connectivity index (χ1v) is 7.63. The fraction of sp³-hybridized carbons (Fsp3) is 0.316. The minimum absolute atomic E-state index is 0.223. The van der Waals surface area contributed by atoms with Crippen molar-refractivity contribution in [2.75, 3.05) is 12.4 Å². The second kappa shape index (κ2) is 6.73. The normalized spacial score (nSPS) is 11.0. The monoisotopic (exact) mass is 312 g/mol. The first-order valence-electron chi connectivity index (χ1n) is 7.63. The second-order valence-electron chi connectivity index (χ2n) is 6.25. The lowest BCUT2D eigenvalue weighted by molar-refractivity contribution is 0.242. The third kappa shape index (κ3) is 4.25. The zero-order valence-corrected chi connectivity index (χ0v) is 14.4. The Bertz CT molecular complexity index is 691. The van der Waals surface area contributed by atoms with E-state index in [1.165, 1.54) is 0 Å². The highest BCUT2D eigenvalue weighted by Gasteiger charge is 2.23. The third-order valence-electron chi connectivity index (χ3n) is 3.88. The summed E-state index contributed by atoms with van der Waals surface area (Å²) in [5.74, 6) is 0.796. The lowest BCUT2D eigenvalue weighted by Crippen LogP contribution is -2.43. The van der Waals surface area contributed by atoms with Crippen molar-refractivity contribution in [1.82, 2.24) is 5.32 Å². The van der Waals surface area contributed by atoms with Gasteiger partial charge in [0, 0.05) is 5.69 Å². The van der Waals surface area contributed by atoms with Crippen LogP contribution in [-0.4, -0.2) is 13.1 Å². The molecule has 122 valence electrons. The number of anilines is 1. The Balaban J connectivity index is 2.09. The lowest BCUT2D eigenvalue weighted by atomic mass is 9.94. The van der Waals surface area contributed by atoms with E-state index in [0.717, 1.165) is 28.1 Å². The van der Waals surface area contributed by atoms with Gasteiger partial charge in [-0.25, -0.2) is 4.79 Å². The topological polar surface area (TPSA) is 50.4 Å². The van der Waals surface area contributed by atoms with Gasteiger partial charge >= 0.3 is 6.03 Å². The van der Waals surface area contributed by atoms with E-state index >= 15 is 0 Å². The molecule has 2 rings (SSSR count). The third-order valence-corrected chi connectivity index (χ3v) is 3.88. The molecule has 0 aliphatic rings. The van der Waals surface area contributed by atoms with Crippen LogP contribution >= 0.6 is 0 Å². The summed E-state index contributed by atoms with van der Waals surface area (Å²) < 4.78 is 5.17. The first kappa shape index (κ1) is 16.9. The SMILES string of the molecule is COc1ccc(C(C)(C)NC(=O)Nc2cc(C)ccc2C)cc1. The molecule has 0 aliphatic heterocycles. The smallest absolute Gasteiger partial charge is 0.319 e. The minimum Gasteiger partial charge on any atom is -0.497 e. The van der Waals surface area contributed by atoms with Gasteiger partial charge in [0.05, 0.1) is 12.6 Å². The number of urea groups is 1. The maximum absolute atomic E-state index is 12.3. The highest BCUT2D eigenvalue weighted by atomic mass is 16.5. The van der Waals surface area contributed by atoms with E-state index in [2.05, 4.69) is 10.6 Å². The summed E-state index contributed by atoms with van der Waals surface area (Å²) in [4.78, 5) is 12.3. The van der Waals surface area contributed by atoms with Crippen LogP contribution in [0.5, 0.6) is 5.75 Å². The predicted octanol–water partition coefficient (Wildman–Crippen LogP) is 4.37. The predicted molar refractivity (Wildman–Crippen MR) is 94.1 cm³/mol. The molecule has 0 saturated carbocycles. The van der Waals surface area contributed by atoms with Gasteiger partial charge in [0.2, 0.25) is 0 Å². The van der Waals surface area contributed by atoms with Crippen LogP contribution in [-0.2, 0) is 5.54 Å². The van der Waals surface area contributed by atoms with Gasteiger partial charge in [-0.15, -0.1) is 0 Å². The minimum atomic E-state index is -0.492. The van der Waals surface area contributed by atoms with Gasteiger partial charge in [-0.05, 0) is 62.6 Å². The number of carbonyl (C=O) groups is 1. The average Bonchev–Trinajstić information content (AvgIpc) is 2.50. The summed E-state index contributed by atoms with van der Waals surface area (Å²) in [6, 6.07) is 13.5. The molecule has 2 aromatic carbocycles. The van der Waals surface area contributed by atoms with Gasteiger partial charge in [0.25, 0.3) is 0 Å². The zero-order chi connectivity index (χ0) is 17.0. The van der Waals surface area contributed by atoms with Gasteiger partial charge < -0.3 is 15.4 Å². The molecule has 4 heteroatoms. The molecule has 0 atom stereocenters. The molecule has 0 heterocycles. The van der Waals surface area contributed by atoms with Gasteiger partial charge in [-0.3, -0.25) is 0 Å². The number of amides is 2. The molecular weight excluding hydrogens is 288 g/mol. The Kier molecular flexibility index (Phi) is 4.94. The largest absolute Gasteiger partial charge is 0.497 e. The molecule has 0 bridgehead atoms. The standard InChI is InChI=1S/C19H24N2O2/c1-13-6-7-14(2)17(12-13)20-18(22)21-19(3,4)15-8-10-16(23-5)11-9-15/h6-12H,1-5H3,(H2,20,21,22). The number of nitrogens with one attached hydrogen (secondary N) is 2. The molecule has 4 nitrogen and oxygen atoms in total. The number of rotatable bonds is 4. The number of hydrogen-bond donors (Lipinski definition) is 2. The van der Waals surface area contributed by atoms with Gasteiger partial charge in [-0.1, -0.05) is 24.3 Å². The molecule has 23 heavy (non-hydrogen) atoms. The van der Waals surface area contributed by atoms with Crippen LogP contribution in [0.25, 0.3) is 0 Å².